The fourth-order valence-corrected chi connectivity index (χ4v) is 1.37. The first-order valence-corrected chi connectivity index (χ1v) is 4.30. The molecule has 0 aromatic carbocycles. The van der Waals surface area contributed by atoms with E-state index in [1.165, 1.54) is 12.8 Å². The van der Waals surface area contributed by atoms with Gasteiger partial charge in [0.15, 0.2) is 0 Å². The van der Waals surface area contributed by atoms with Gasteiger partial charge < -0.3 is 15.6 Å². The summed E-state index contributed by atoms with van der Waals surface area (Å²) in [5, 5.41) is 8.45. The smallest absolute Gasteiger partial charge is 0.322 e. The molecule has 0 amide bonds. The number of hydrogen-bond acceptors (Lipinski definition) is 3. The second-order valence-corrected chi connectivity index (χ2v) is 3.18. The van der Waals surface area contributed by atoms with Crippen molar-refractivity contribution >= 4 is 5.97 Å². The predicted octanol–water partition coefficient (Wildman–Crippen LogP) is 0.357. The van der Waals surface area contributed by atoms with Crippen LogP contribution in [0.15, 0.2) is 0 Å². The van der Waals surface area contributed by atoms with E-state index in [1.807, 2.05) is 0 Å². The Morgan fingerprint density at radius 1 is 1.58 bits per heavy atom. The van der Waals surface area contributed by atoms with Crippen molar-refractivity contribution in [3.05, 3.63) is 0 Å². The van der Waals surface area contributed by atoms with Crippen molar-refractivity contribution in [3.8, 4) is 0 Å². The Labute approximate surface area is 71.7 Å². The second-order valence-electron chi connectivity index (χ2n) is 3.18. The lowest BCUT2D eigenvalue weighted by Crippen LogP contribution is -2.36. The van der Waals surface area contributed by atoms with Gasteiger partial charge in [-0.05, 0) is 12.8 Å². The Bertz CT molecular complexity index is 154. The van der Waals surface area contributed by atoms with Gasteiger partial charge in [-0.15, -0.1) is 0 Å². The zero-order chi connectivity index (χ0) is 8.97. The normalized spacial score (nSPS) is 21.1. The zero-order valence-corrected chi connectivity index (χ0v) is 7.03. The van der Waals surface area contributed by atoms with Crippen LogP contribution in [-0.4, -0.2) is 29.8 Å². The Kier molecular flexibility index (Phi) is 3.49. The molecular weight excluding hydrogens is 158 g/mol. The van der Waals surface area contributed by atoms with Crippen molar-refractivity contribution in [3.63, 3.8) is 0 Å². The number of nitrogens with two attached hydrogens (primary N) is 1. The van der Waals surface area contributed by atoms with Crippen LogP contribution in [0.5, 0.6) is 0 Å². The molecule has 0 unspecified atom stereocenters. The molecule has 0 aliphatic heterocycles. The van der Waals surface area contributed by atoms with E-state index in [1.54, 1.807) is 0 Å². The zero-order valence-electron chi connectivity index (χ0n) is 7.03. The van der Waals surface area contributed by atoms with Crippen LogP contribution in [0, 0.1) is 0 Å². The first kappa shape index (κ1) is 9.48. The highest BCUT2D eigenvalue weighted by molar-refractivity contribution is 5.73. The van der Waals surface area contributed by atoms with Crippen LogP contribution in [0.4, 0.5) is 0 Å². The summed E-state index contributed by atoms with van der Waals surface area (Å²) in [6, 6.07) is -0.870. The van der Waals surface area contributed by atoms with Crippen LogP contribution in [0.2, 0.25) is 0 Å². The molecule has 0 bridgehead atoms. The maximum Gasteiger partial charge on any atom is 0.322 e. The van der Waals surface area contributed by atoms with E-state index < -0.39 is 12.0 Å². The largest absolute Gasteiger partial charge is 0.480 e. The third-order valence-electron chi connectivity index (χ3n) is 2.13. The van der Waals surface area contributed by atoms with Gasteiger partial charge in [-0.1, -0.05) is 12.8 Å². The van der Waals surface area contributed by atoms with E-state index in [0.717, 1.165) is 12.8 Å². The maximum absolute atomic E-state index is 10.3. The van der Waals surface area contributed by atoms with Crippen LogP contribution >= 0.6 is 0 Å². The number of carbonyl (C=O) groups is 1. The summed E-state index contributed by atoms with van der Waals surface area (Å²) in [6.07, 6.45) is 4.72. The van der Waals surface area contributed by atoms with Crippen molar-refractivity contribution in [2.24, 2.45) is 5.73 Å². The van der Waals surface area contributed by atoms with Gasteiger partial charge in [-0.3, -0.25) is 4.79 Å². The third kappa shape index (κ3) is 2.79. The first-order chi connectivity index (χ1) is 5.70. The summed E-state index contributed by atoms with van der Waals surface area (Å²) in [4.78, 5) is 10.3. The first-order valence-electron chi connectivity index (χ1n) is 4.30. The number of ether oxygens (including phenoxy) is 1. The van der Waals surface area contributed by atoms with Gasteiger partial charge in [0.1, 0.15) is 6.04 Å². The molecule has 1 saturated carbocycles. The number of rotatable bonds is 4. The molecule has 1 aliphatic carbocycles. The van der Waals surface area contributed by atoms with Gasteiger partial charge in [0.2, 0.25) is 0 Å². The van der Waals surface area contributed by atoms with Crippen molar-refractivity contribution < 1.29 is 14.6 Å². The molecule has 1 aliphatic rings. The molecule has 70 valence electrons. The van der Waals surface area contributed by atoms with Crippen LogP contribution in [0.3, 0.4) is 0 Å². The van der Waals surface area contributed by atoms with Crippen molar-refractivity contribution in [2.75, 3.05) is 6.61 Å². The van der Waals surface area contributed by atoms with E-state index in [4.69, 9.17) is 15.6 Å². The molecule has 0 spiro atoms. The van der Waals surface area contributed by atoms with E-state index in [-0.39, 0.29) is 12.7 Å². The molecule has 0 radical (unpaired) electrons. The molecular formula is C8H15NO3. The van der Waals surface area contributed by atoms with Gasteiger partial charge in [-0.2, -0.15) is 0 Å². The molecule has 0 saturated heterocycles. The number of carboxylic acid groups (broad SMARTS) is 1. The van der Waals surface area contributed by atoms with Gasteiger partial charge in [0.05, 0.1) is 12.7 Å². The molecule has 1 fully saturated rings. The molecule has 0 aromatic heterocycles. The standard InChI is InChI=1S/C8H15NO3/c9-7(8(10)11)5-12-6-3-1-2-4-6/h6-7H,1-5,9H2,(H,10,11)/t7-/m0/s1. The number of carboxylic acids is 1. The Hall–Kier alpha value is -0.610. The van der Waals surface area contributed by atoms with Crippen LogP contribution in [0.1, 0.15) is 25.7 Å². The lowest BCUT2D eigenvalue weighted by atomic mass is 10.3. The second kappa shape index (κ2) is 4.42. The van der Waals surface area contributed by atoms with Crippen molar-refractivity contribution in [1.82, 2.24) is 0 Å². The summed E-state index contributed by atoms with van der Waals surface area (Å²) in [5.74, 6) is -0.993. The topological polar surface area (TPSA) is 72.5 Å². The molecule has 4 nitrogen and oxygen atoms in total. The highest BCUT2D eigenvalue weighted by Crippen LogP contribution is 2.20. The number of aliphatic carboxylic acids is 1. The van der Waals surface area contributed by atoms with Crippen molar-refractivity contribution in [1.29, 1.82) is 0 Å². The summed E-state index contributed by atoms with van der Waals surface area (Å²) in [7, 11) is 0. The highest BCUT2D eigenvalue weighted by Gasteiger charge is 2.18. The summed E-state index contributed by atoms with van der Waals surface area (Å²) in [5.41, 5.74) is 5.27. The molecule has 12 heavy (non-hydrogen) atoms. The fourth-order valence-electron chi connectivity index (χ4n) is 1.37. The molecule has 0 heterocycles. The fraction of sp³-hybridized carbons (Fsp3) is 0.875. The SMILES string of the molecule is N[C@@H](COC1CCCC1)C(=O)O. The van der Waals surface area contributed by atoms with E-state index in [0.29, 0.717) is 0 Å². The lowest BCUT2D eigenvalue weighted by molar-refractivity contribution is -0.140. The van der Waals surface area contributed by atoms with Gasteiger partial charge in [0, 0.05) is 0 Å². The molecule has 3 N–H and O–H groups in total. The maximum atomic E-state index is 10.3. The monoisotopic (exact) mass is 173 g/mol. The van der Waals surface area contributed by atoms with Crippen LogP contribution in [-0.2, 0) is 9.53 Å². The minimum atomic E-state index is -0.993. The van der Waals surface area contributed by atoms with Crippen molar-refractivity contribution in [2.45, 2.75) is 37.8 Å². The van der Waals surface area contributed by atoms with Gasteiger partial charge in [-0.25, -0.2) is 0 Å². The Morgan fingerprint density at radius 3 is 2.67 bits per heavy atom. The van der Waals surface area contributed by atoms with Gasteiger partial charge in [0.25, 0.3) is 0 Å². The van der Waals surface area contributed by atoms with E-state index in [2.05, 4.69) is 0 Å². The summed E-state index contributed by atoms with van der Waals surface area (Å²) in [6.45, 7) is 0.139. The molecule has 4 heteroatoms. The molecule has 1 rings (SSSR count). The van der Waals surface area contributed by atoms with E-state index in [9.17, 15) is 4.79 Å². The average molecular weight is 173 g/mol. The molecule has 1 atom stereocenters. The minimum absolute atomic E-state index is 0.139. The highest BCUT2D eigenvalue weighted by atomic mass is 16.5. The lowest BCUT2D eigenvalue weighted by Gasteiger charge is -2.12. The Morgan fingerprint density at radius 2 is 2.17 bits per heavy atom. The minimum Gasteiger partial charge on any atom is -0.480 e. The quantitative estimate of drug-likeness (QED) is 0.643. The Balaban J connectivity index is 2.11. The average Bonchev–Trinajstić information content (AvgIpc) is 2.51. The van der Waals surface area contributed by atoms with E-state index >= 15 is 0 Å². The third-order valence-corrected chi connectivity index (χ3v) is 2.13. The molecule has 0 aromatic rings. The summed E-state index contributed by atoms with van der Waals surface area (Å²) >= 11 is 0. The summed E-state index contributed by atoms with van der Waals surface area (Å²) < 4.78 is 5.32. The van der Waals surface area contributed by atoms with Gasteiger partial charge >= 0.3 is 5.97 Å². The van der Waals surface area contributed by atoms with Crippen LogP contribution < -0.4 is 5.73 Å². The predicted molar refractivity (Wildman–Crippen MR) is 43.8 cm³/mol. The number of hydrogen-bond donors (Lipinski definition) is 2. The van der Waals surface area contributed by atoms with Crippen LogP contribution in [0.25, 0.3) is 0 Å².